The van der Waals surface area contributed by atoms with Crippen LogP contribution in [0.2, 0.25) is 0 Å². The maximum Gasteiger partial charge on any atom is 0.224 e. The van der Waals surface area contributed by atoms with Gasteiger partial charge in [0.25, 0.3) is 0 Å². The first kappa shape index (κ1) is 21.2. The van der Waals surface area contributed by atoms with Crippen LogP contribution >= 0.6 is 0 Å². The van der Waals surface area contributed by atoms with Crippen LogP contribution in [0.3, 0.4) is 0 Å². The fraction of sp³-hybridized carbons (Fsp3) is 0.522. The molecule has 0 aliphatic rings. The number of benzene rings is 1. The van der Waals surface area contributed by atoms with Gasteiger partial charge >= 0.3 is 0 Å². The smallest absolute Gasteiger partial charge is 0.224 e. The van der Waals surface area contributed by atoms with Crippen LogP contribution in [-0.2, 0) is 0 Å². The van der Waals surface area contributed by atoms with E-state index < -0.39 is 0 Å². The molecule has 1 heterocycles. The maximum absolute atomic E-state index is 6.30. The van der Waals surface area contributed by atoms with Gasteiger partial charge in [-0.3, -0.25) is 0 Å². The molecule has 1 aromatic carbocycles. The highest BCUT2D eigenvalue weighted by Gasteiger charge is 2.16. The summed E-state index contributed by atoms with van der Waals surface area (Å²) >= 11 is 0. The molecule has 27 heavy (non-hydrogen) atoms. The van der Waals surface area contributed by atoms with Crippen LogP contribution in [0, 0.1) is 34.6 Å². The van der Waals surface area contributed by atoms with Gasteiger partial charge in [-0.15, -0.1) is 0 Å². The average Bonchev–Trinajstić information content (AvgIpc) is 2.60. The van der Waals surface area contributed by atoms with Gasteiger partial charge in [0.1, 0.15) is 5.75 Å². The van der Waals surface area contributed by atoms with Crippen molar-refractivity contribution in [3.8, 4) is 11.6 Å². The Kier molecular flexibility index (Phi) is 7.25. The molecule has 2 aromatic rings. The van der Waals surface area contributed by atoms with Gasteiger partial charge in [-0.25, -0.2) is 4.98 Å². The molecule has 0 saturated heterocycles. The summed E-state index contributed by atoms with van der Waals surface area (Å²) in [6.45, 7) is 16.9. The van der Waals surface area contributed by atoms with Gasteiger partial charge in [-0.1, -0.05) is 31.5 Å². The molecule has 4 nitrogen and oxygen atoms in total. The van der Waals surface area contributed by atoms with Crippen molar-refractivity contribution >= 4 is 5.69 Å². The molecule has 0 fully saturated rings. The van der Waals surface area contributed by atoms with Crippen LogP contribution in [0.1, 0.15) is 48.2 Å². The number of nitrogens with one attached hydrogen (secondary N) is 1. The number of anilines is 1. The fourth-order valence-corrected chi connectivity index (χ4v) is 3.38. The number of hydrogen-bond acceptors (Lipinski definition) is 4. The fourth-order valence-electron chi connectivity index (χ4n) is 3.38. The number of aromatic nitrogens is 1. The molecule has 0 aliphatic carbocycles. The van der Waals surface area contributed by atoms with Gasteiger partial charge in [-0.2, -0.15) is 0 Å². The van der Waals surface area contributed by atoms with E-state index in [4.69, 9.17) is 4.74 Å². The Morgan fingerprint density at radius 1 is 1.04 bits per heavy atom. The van der Waals surface area contributed by atoms with E-state index in [0.29, 0.717) is 11.9 Å². The minimum absolute atomic E-state index is 0.395. The van der Waals surface area contributed by atoms with Gasteiger partial charge in [0.2, 0.25) is 5.88 Å². The Labute approximate surface area is 165 Å². The molecule has 1 aromatic heterocycles. The van der Waals surface area contributed by atoms with Crippen LogP contribution in [0.25, 0.3) is 0 Å². The molecule has 0 spiro atoms. The first-order valence-electron chi connectivity index (χ1n) is 9.94. The summed E-state index contributed by atoms with van der Waals surface area (Å²) in [5.41, 5.74) is 6.65. The van der Waals surface area contributed by atoms with Crippen molar-refractivity contribution in [1.82, 2.24) is 9.88 Å². The van der Waals surface area contributed by atoms with E-state index in [1.54, 1.807) is 0 Å². The number of aryl methyl sites for hydroxylation is 4. The van der Waals surface area contributed by atoms with Gasteiger partial charge in [0, 0.05) is 29.5 Å². The monoisotopic (exact) mass is 369 g/mol. The van der Waals surface area contributed by atoms with Gasteiger partial charge in [0.15, 0.2) is 0 Å². The quantitative estimate of drug-likeness (QED) is 0.661. The highest BCUT2D eigenvalue weighted by Crippen LogP contribution is 2.33. The predicted octanol–water partition coefficient (Wildman–Crippen LogP) is 5.56. The van der Waals surface area contributed by atoms with Crippen LogP contribution < -0.4 is 10.1 Å². The summed E-state index contributed by atoms with van der Waals surface area (Å²) in [6, 6.07) is 6.82. The Balaban J connectivity index is 2.32. The first-order chi connectivity index (χ1) is 12.7. The zero-order valence-electron chi connectivity index (χ0n) is 18.2. The van der Waals surface area contributed by atoms with Crippen molar-refractivity contribution < 1.29 is 4.74 Å². The van der Waals surface area contributed by atoms with E-state index in [0.717, 1.165) is 53.3 Å². The molecule has 0 saturated carbocycles. The summed E-state index contributed by atoms with van der Waals surface area (Å²) in [7, 11) is 2.16. The first-order valence-corrected chi connectivity index (χ1v) is 9.94. The molecular weight excluding hydrogens is 334 g/mol. The van der Waals surface area contributed by atoms with Crippen molar-refractivity contribution in [2.45, 2.75) is 60.9 Å². The average molecular weight is 370 g/mol. The highest BCUT2D eigenvalue weighted by atomic mass is 16.5. The lowest BCUT2D eigenvalue weighted by atomic mass is 10.1. The number of ether oxygens (including phenoxy) is 1. The molecular formula is C23H35N3O. The number of likely N-dealkylation sites (N-methyl/N-ethyl adjacent to an activating group) is 1. The largest absolute Gasteiger partial charge is 0.438 e. The molecule has 1 unspecified atom stereocenters. The maximum atomic E-state index is 6.30. The summed E-state index contributed by atoms with van der Waals surface area (Å²) in [5, 5.41) is 3.71. The third-order valence-corrected chi connectivity index (χ3v) is 5.08. The van der Waals surface area contributed by atoms with Crippen LogP contribution in [0.15, 0.2) is 18.2 Å². The highest BCUT2D eigenvalue weighted by molar-refractivity contribution is 5.57. The minimum Gasteiger partial charge on any atom is -0.438 e. The number of rotatable bonds is 8. The lowest BCUT2D eigenvalue weighted by molar-refractivity contribution is 0.331. The van der Waals surface area contributed by atoms with E-state index in [2.05, 4.69) is 82.0 Å². The third-order valence-electron chi connectivity index (χ3n) is 5.08. The van der Waals surface area contributed by atoms with Gasteiger partial charge < -0.3 is 15.0 Å². The van der Waals surface area contributed by atoms with E-state index in [-0.39, 0.29) is 0 Å². The van der Waals surface area contributed by atoms with E-state index in [1.807, 2.05) is 6.92 Å². The summed E-state index contributed by atoms with van der Waals surface area (Å²) in [5.74, 6) is 1.59. The second-order valence-electron chi connectivity index (χ2n) is 7.68. The van der Waals surface area contributed by atoms with E-state index in [1.165, 1.54) is 5.56 Å². The SMILES string of the molecule is CCC(CN(C)CC)Nc1cc(C)nc(Oc2c(C)cc(C)cc2C)c1C. The van der Waals surface area contributed by atoms with Gasteiger partial charge in [-0.05, 0) is 71.8 Å². The van der Waals surface area contributed by atoms with Crippen molar-refractivity contribution in [3.05, 3.63) is 46.1 Å². The van der Waals surface area contributed by atoms with Crippen molar-refractivity contribution in [3.63, 3.8) is 0 Å². The molecule has 0 aliphatic heterocycles. The summed E-state index contributed by atoms with van der Waals surface area (Å²) in [4.78, 5) is 7.01. The van der Waals surface area contributed by atoms with Crippen molar-refractivity contribution in [1.29, 1.82) is 0 Å². The standard InChI is InChI=1S/C23H35N3O/c1-9-20(14-26(8)10-2)25-21-13-18(6)24-23(19(21)7)27-22-16(4)11-15(3)12-17(22)5/h11-13,20H,9-10,14H2,1-8H3,(H,24,25). The Morgan fingerprint density at radius 3 is 2.22 bits per heavy atom. The Morgan fingerprint density at radius 2 is 1.67 bits per heavy atom. The lowest BCUT2D eigenvalue weighted by Gasteiger charge is -2.25. The molecule has 0 bridgehead atoms. The molecule has 2 rings (SSSR count). The molecule has 0 radical (unpaired) electrons. The normalized spacial score (nSPS) is 12.3. The Bertz CT molecular complexity index is 762. The zero-order chi connectivity index (χ0) is 20.1. The van der Waals surface area contributed by atoms with Crippen LogP contribution in [0.4, 0.5) is 5.69 Å². The number of hydrogen-bond donors (Lipinski definition) is 1. The Hall–Kier alpha value is -2.07. The van der Waals surface area contributed by atoms with E-state index in [9.17, 15) is 0 Å². The van der Waals surface area contributed by atoms with Crippen LogP contribution in [0.5, 0.6) is 11.6 Å². The van der Waals surface area contributed by atoms with Crippen molar-refractivity contribution in [2.75, 3.05) is 25.5 Å². The third kappa shape index (κ3) is 5.46. The lowest BCUT2D eigenvalue weighted by Crippen LogP contribution is -2.34. The molecule has 148 valence electrons. The molecule has 1 N–H and O–H groups in total. The zero-order valence-corrected chi connectivity index (χ0v) is 18.2. The molecule has 0 amide bonds. The van der Waals surface area contributed by atoms with Crippen molar-refractivity contribution in [2.24, 2.45) is 0 Å². The topological polar surface area (TPSA) is 37.4 Å². The number of nitrogens with zero attached hydrogens (tertiary/aromatic N) is 2. The molecule has 4 heteroatoms. The number of pyridine rings is 1. The van der Waals surface area contributed by atoms with Crippen LogP contribution in [-0.4, -0.2) is 36.1 Å². The second-order valence-corrected chi connectivity index (χ2v) is 7.68. The second kappa shape index (κ2) is 9.23. The summed E-state index contributed by atoms with van der Waals surface area (Å²) in [6.07, 6.45) is 1.07. The minimum atomic E-state index is 0.395. The van der Waals surface area contributed by atoms with E-state index >= 15 is 0 Å². The summed E-state index contributed by atoms with van der Waals surface area (Å²) < 4.78 is 6.30. The molecule has 1 atom stereocenters. The van der Waals surface area contributed by atoms with Gasteiger partial charge in [0.05, 0.1) is 0 Å². The predicted molar refractivity (Wildman–Crippen MR) is 115 cm³/mol.